The molecule has 5 aromatic rings. The molecule has 0 spiro atoms. The van der Waals surface area contributed by atoms with Gasteiger partial charge in [-0.25, -0.2) is 4.98 Å². The Kier molecular flexibility index (Phi) is 5.82. The molecule has 0 amide bonds. The van der Waals surface area contributed by atoms with E-state index in [1.165, 1.54) is 0 Å². The Bertz CT molecular complexity index is 1490. The van der Waals surface area contributed by atoms with Gasteiger partial charge in [0.15, 0.2) is 5.82 Å². The Labute approximate surface area is 199 Å². The Morgan fingerprint density at radius 3 is 2.65 bits per heavy atom. The van der Waals surface area contributed by atoms with Gasteiger partial charge in [-0.15, -0.1) is 0 Å². The number of aromatic amines is 1. The molecule has 0 fully saturated rings. The number of fused-ring (bicyclic) bond motifs is 2. The van der Waals surface area contributed by atoms with Crippen LogP contribution in [0.3, 0.4) is 0 Å². The van der Waals surface area contributed by atoms with Crippen molar-refractivity contribution in [2.45, 2.75) is 20.4 Å². The van der Waals surface area contributed by atoms with E-state index < -0.39 is 0 Å². The highest BCUT2D eigenvalue weighted by molar-refractivity contribution is 6.13. The summed E-state index contributed by atoms with van der Waals surface area (Å²) in [5, 5.41) is 11.1. The largest absolute Gasteiger partial charge is 0.398 e. The fraction of sp³-hybridized carbons (Fsp3) is 0.179. The SMILES string of the molecule is CCN(CC)Cc1cccc2[nH]c(C(=N)c3cc(-c4cncc5ccccc45)ccc3N)nc12. The third-order valence-corrected chi connectivity index (χ3v) is 6.42. The molecule has 0 saturated carbocycles. The molecule has 3 aromatic carbocycles. The normalized spacial score (nSPS) is 11.5. The van der Waals surface area contributed by atoms with Gasteiger partial charge in [0, 0.05) is 41.1 Å². The number of nitrogen functional groups attached to an aromatic ring is 1. The highest BCUT2D eigenvalue weighted by Gasteiger charge is 2.17. The van der Waals surface area contributed by atoms with Gasteiger partial charge in [0.2, 0.25) is 0 Å². The first kappa shape index (κ1) is 21.8. The number of pyridine rings is 1. The van der Waals surface area contributed by atoms with Gasteiger partial charge in [-0.3, -0.25) is 15.3 Å². The van der Waals surface area contributed by atoms with Gasteiger partial charge in [0.05, 0.1) is 11.0 Å². The van der Waals surface area contributed by atoms with E-state index in [4.69, 9.17) is 16.1 Å². The lowest BCUT2D eigenvalue weighted by Crippen LogP contribution is -2.22. The summed E-state index contributed by atoms with van der Waals surface area (Å²) in [6.07, 6.45) is 3.73. The lowest BCUT2D eigenvalue weighted by molar-refractivity contribution is 0.297. The van der Waals surface area contributed by atoms with Gasteiger partial charge < -0.3 is 10.7 Å². The first-order valence-electron chi connectivity index (χ1n) is 11.6. The molecule has 0 radical (unpaired) electrons. The van der Waals surface area contributed by atoms with Crippen molar-refractivity contribution in [2.75, 3.05) is 18.8 Å². The van der Waals surface area contributed by atoms with Crippen LogP contribution in [0.15, 0.2) is 73.1 Å². The van der Waals surface area contributed by atoms with Crippen molar-refractivity contribution < 1.29 is 0 Å². The van der Waals surface area contributed by atoms with Crippen LogP contribution < -0.4 is 5.73 Å². The Morgan fingerprint density at radius 2 is 1.82 bits per heavy atom. The van der Waals surface area contributed by atoms with Gasteiger partial charge in [0.1, 0.15) is 5.71 Å². The molecule has 0 aliphatic rings. The van der Waals surface area contributed by atoms with Gasteiger partial charge in [-0.05, 0) is 47.8 Å². The summed E-state index contributed by atoms with van der Waals surface area (Å²) >= 11 is 0. The quantitative estimate of drug-likeness (QED) is 0.222. The number of anilines is 1. The van der Waals surface area contributed by atoms with E-state index >= 15 is 0 Å². The second kappa shape index (κ2) is 9.08. The molecule has 2 aromatic heterocycles. The van der Waals surface area contributed by atoms with Crippen LogP contribution in [0.25, 0.3) is 32.9 Å². The fourth-order valence-electron chi connectivity index (χ4n) is 4.44. The Morgan fingerprint density at radius 1 is 1.00 bits per heavy atom. The monoisotopic (exact) mass is 448 g/mol. The van der Waals surface area contributed by atoms with Crippen molar-refractivity contribution in [3.8, 4) is 11.1 Å². The van der Waals surface area contributed by atoms with E-state index in [1.807, 2.05) is 54.9 Å². The molecule has 0 aliphatic heterocycles. The number of nitrogens with one attached hydrogen (secondary N) is 2. The van der Waals surface area contributed by atoms with Crippen LogP contribution in [-0.2, 0) is 6.54 Å². The minimum atomic E-state index is 0.275. The fourth-order valence-corrected chi connectivity index (χ4v) is 4.44. The predicted molar refractivity (Wildman–Crippen MR) is 140 cm³/mol. The zero-order valence-corrected chi connectivity index (χ0v) is 19.5. The highest BCUT2D eigenvalue weighted by atomic mass is 15.1. The van der Waals surface area contributed by atoms with Crippen LogP contribution in [0, 0.1) is 5.41 Å². The molecule has 34 heavy (non-hydrogen) atoms. The molecule has 2 heterocycles. The third-order valence-electron chi connectivity index (χ3n) is 6.42. The lowest BCUT2D eigenvalue weighted by atomic mass is 9.97. The number of H-pyrrole nitrogens is 1. The van der Waals surface area contributed by atoms with Crippen LogP contribution in [0.4, 0.5) is 5.69 Å². The number of imidazole rings is 1. The van der Waals surface area contributed by atoms with Gasteiger partial charge in [0.25, 0.3) is 0 Å². The van der Waals surface area contributed by atoms with Gasteiger partial charge in [-0.2, -0.15) is 0 Å². The zero-order valence-electron chi connectivity index (χ0n) is 19.5. The van der Waals surface area contributed by atoms with Crippen molar-refractivity contribution >= 4 is 33.2 Å². The first-order valence-corrected chi connectivity index (χ1v) is 11.6. The second-order valence-electron chi connectivity index (χ2n) is 8.45. The van der Waals surface area contributed by atoms with Crippen LogP contribution in [0.5, 0.6) is 0 Å². The number of hydrogen-bond acceptors (Lipinski definition) is 5. The average Bonchev–Trinajstić information content (AvgIpc) is 3.32. The summed E-state index contributed by atoms with van der Waals surface area (Å²) in [4.78, 5) is 14.9. The molecule has 6 nitrogen and oxygen atoms in total. The molecule has 170 valence electrons. The molecule has 5 rings (SSSR count). The van der Waals surface area contributed by atoms with E-state index in [0.717, 1.165) is 58.1 Å². The topological polar surface area (TPSA) is 94.7 Å². The minimum Gasteiger partial charge on any atom is -0.398 e. The number of nitrogens with two attached hydrogens (primary N) is 1. The molecule has 6 heteroatoms. The molecule has 0 unspecified atom stereocenters. The molecule has 0 aliphatic carbocycles. The maximum absolute atomic E-state index is 8.95. The number of para-hydroxylation sites is 1. The standard InChI is InChI=1S/C28H28N6/c1-3-34(4-2)17-20-9-7-11-25-27(20)33-28(32-25)26(30)22-14-18(12-13-24(22)29)23-16-31-15-19-8-5-6-10-21(19)23/h5-16,30H,3-4,17,29H2,1-2H3,(H,32,33). The Hall–Kier alpha value is -4.03. The average molecular weight is 449 g/mol. The van der Waals surface area contributed by atoms with Crippen LogP contribution in [-0.4, -0.2) is 38.7 Å². The minimum absolute atomic E-state index is 0.275. The van der Waals surface area contributed by atoms with Crippen molar-refractivity contribution in [3.63, 3.8) is 0 Å². The lowest BCUT2D eigenvalue weighted by Gasteiger charge is -2.18. The number of hydrogen-bond donors (Lipinski definition) is 3. The summed E-state index contributed by atoms with van der Waals surface area (Å²) in [6, 6.07) is 20.1. The van der Waals surface area contributed by atoms with Crippen molar-refractivity contribution in [1.82, 2.24) is 19.9 Å². The van der Waals surface area contributed by atoms with Crippen LogP contribution in [0.1, 0.15) is 30.8 Å². The molecule has 0 saturated heterocycles. The molecular weight excluding hydrogens is 420 g/mol. The predicted octanol–water partition coefficient (Wildman–Crippen LogP) is 5.62. The summed E-state index contributed by atoms with van der Waals surface area (Å²) < 4.78 is 0. The highest BCUT2D eigenvalue weighted by Crippen LogP contribution is 2.30. The molecule has 0 bridgehead atoms. The molecular formula is C28H28N6. The zero-order chi connectivity index (χ0) is 23.7. The van der Waals surface area contributed by atoms with E-state index in [-0.39, 0.29) is 5.71 Å². The van der Waals surface area contributed by atoms with Crippen LogP contribution >= 0.6 is 0 Å². The summed E-state index contributed by atoms with van der Waals surface area (Å²) in [7, 11) is 0. The smallest absolute Gasteiger partial charge is 0.157 e. The Balaban J connectivity index is 1.55. The summed E-state index contributed by atoms with van der Waals surface area (Å²) in [5.74, 6) is 0.516. The second-order valence-corrected chi connectivity index (χ2v) is 8.45. The van der Waals surface area contributed by atoms with Crippen molar-refractivity contribution in [2.24, 2.45) is 0 Å². The number of aromatic nitrogens is 3. The maximum atomic E-state index is 8.95. The first-order chi connectivity index (χ1) is 16.6. The van der Waals surface area contributed by atoms with Gasteiger partial charge in [-0.1, -0.05) is 56.3 Å². The molecule has 0 atom stereocenters. The van der Waals surface area contributed by atoms with Crippen LogP contribution in [0.2, 0.25) is 0 Å². The summed E-state index contributed by atoms with van der Waals surface area (Å²) in [5.41, 5.74) is 12.8. The van der Waals surface area contributed by atoms with Crippen molar-refractivity contribution in [1.29, 1.82) is 5.41 Å². The van der Waals surface area contributed by atoms with E-state index in [1.54, 1.807) is 0 Å². The maximum Gasteiger partial charge on any atom is 0.157 e. The van der Waals surface area contributed by atoms with E-state index in [9.17, 15) is 0 Å². The van der Waals surface area contributed by atoms with E-state index in [0.29, 0.717) is 17.1 Å². The van der Waals surface area contributed by atoms with Gasteiger partial charge >= 0.3 is 0 Å². The number of nitrogens with zero attached hydrogens (tertiary/aromatic N) is 3. The number of benzene rings is 3. The van der Waals surface area contributed by atoms with E-state index in [2.05, 4.69) is 46.9 Å². The summed E-state index contributed by atoms with van der Waals surface area (Å²) in [6.45, 7) is 7.11. The van der Waals surface area contributed by atoms with Crippen molar-refractivity contribution in [3.05, 3.63) is 90.0 Å². The third kappa shape index (κ3) is 3.93. The molecule has 4 N–H and O–H groups in total. The number of rotatable bonds is 7.